The number of carbonyl (C=O) groups is 1. The van der Waals surface area contributed by atoms with Crippen molar-refractivity contribution in [1.82, 2.24) is 10.2 Å². The topological polar surface area (TPSA) is 77.2 Å². The number of benzene rings is 2. The average molecular weight is 402 g/mol. The summed E-state index contributed by atoms with van der Waals surface area (Å²) < 4.78 is 10.8. The standard InChI is InChI=1S/C19H19N3O3S2/c1-24-14-9-7-13(8-10-14)11-18-21-22-19(25-18)27-12-17(23)20-15-5-3-4-6-16(15)26-2/h3-10H,11-12H2,1-2H3,(H,20,23). The molecule has 1 heterocycles. The Balaban J connectivity index is 1.52. The molecule has 27 heavy (non-hydrogen) atoms. The first-order valence-electron chi connectivity index (χ1n) is 8.19. The summed E-state index contributed by atoms with van der Waals surface area (Å²) >= 11 is 2.81. The molecule has 0 saturated heterocycles. The summed E-state index contributed by atoms with van der Waals surface area (Å²) in [7, 11) is 1.63. The number of amides is 1. The van der Waals surface area contributed by atoms with E-state index >= 15 is 0 Å². The van der Waals surface area contributed by atoms with E-state index in [0.717, 1.165) is 21.9 Å². The summed E-state index contributed by atoms with van der Waals surface area (Å²) in [5, 5.41) is 11.3. The molecule has 0 spiro atoms. The fourth-order valence-electron chi connectivity index (χ4n) is 2.35. The number of methoxy groups -OCH3 is 1. The lowest BCUT2D eigenvalue weighted by Gasteiger charge is -2.08. The number of ether oxygens (including phenoxy) is 1. The molecule has 3 aromatic rings. The van der Waals surface area contributed by atoms with Crippen molar-refractivity contribution in [3.8, 4) is 5.75 Å². The second kappa shape index (κ2) is 9.48. The SMILES string of the molecule is COc1ccc(Cc2nnc(SCC(=O)Nc3ccccc3SC)o2)cc1. The zero-order valence-corrected chi connectivity index (χ0v) is 16.6. The van der Waals surface area contributed by atoms with E-state index < -0.39 is 0 Å². The van der Waals surface area contributed by atoms with Gasteiger partial charge in [0.25, 0.3) is 5.22 Å². The van der Waals surface area contributed by atoms with Gasteiger partial charge < -0.3 is 14.5 Å². The summed E-state index contributed by atoms with van der Waals surface area (Å²) in [4.78, 5) is 13.2. The van der Waals surface area contributed by atoms with E-state index in [9.17, 15) is 4.79 Å². The highest BCUT2D eigenvalue weighted by Gasteiger charge is 2.11. The molecule has 0 bridgehead atoms. The molecule has 1 N–H and O–H groups in total. The molecular weight excluding hydrogens is 382 g/mol. The molecule has 1 amide bonds. The highest BCUT2D eigenvalue weighted by atomic mass is 32.2. The van der Waals surface area contributed by atoms with Crippen LogP contribution in [0.3, 0.4) is 0 Å². The molecular formula is C19H19N3O3S2. The number of rotatable bonds is 8. The van der Waals surface area contributed by atoms with Crippen molar-refractivity contribution in [3.63, 3.8) is 0 Å². The molecule has 2 aromatic carbocycles. The molecule has 1 aromatic heterocycles. The Morgan fingerprint density at radius 1 is 1.15 bits per heavy atom. The third-order valence-electron chi connectivity index (χ3n) is 3.67. The quantitative estimate of drug-likeness (QED) is 0.569. The zero-order valence-electron chi connectivity index (χ0n) is 15.0. The molecule has 0 aliphatic heterocycles. The van der Waals surface area contributed by atoms with Crippen LogP contribution in [0, 0.1) is 0 Å². The Morgan fingerprint density at radius 2 is 1.93 bits per heavy atom. The van der Waals surface area contributed by atoms with Gasteiger partial charge in [-0.05, 0) is 36.1 Å². The fourth-order valence-corrected chi connectivity index (χ4v) is 3.48. The number of hydrogen-bond donors (Lipinski definition) is 1. The summed E-state index contributed by atoms with van der Waals surface area (Å²) in [6, 6.07) is 15.4. The molecule has 0 saturated carbocycles. The fraction of sp³-hybridized carbons (Fsp3) is 0.211. The summed E-state index contributed by atoms with van der Waals surface area (Å²) in [5.41, 5.74) is 1.85. The number of carbonyl (C=O) groups excluding carboxylic acids is 1. The highest BCUT2D eigenvalue weighted by molar-refractivity contribution is 7.99. The van der Waals surface area contributed by atoms with Gasteiger partial charge in [-0.25, -0.2) is 0 Å². The Kier molecular flexibility index (Phi) is 6.78. The lowest BCUT2D eigenvalue weighted by molar-refractivity contribution is -0.113. The monoisotopic (exact) mass is 401 g/mol. The van der Waals surface area contributed by atoms with Crippen molar-refractivity contribution in [3.05, 3.63) is 60.0 Å². The summed E-state index contributed by atoms with van der Waals surface area (Å²) in [5.74, 6) is 1.40. The van der Waals surface area contributed by atoms with Crippen molar-refractivity contribution in [2.24, 2.45) is 0 Å². The van der Waals surface area contributed by atoms with Crippen LogP contribution in [0.4, 0.5) is 5.69 Å². The molecule has 140 valence electrons. The van der Waals surface area contributed by atoms with Crippen LogP contribution in [0.2, 0.25) is 0 Å². The molecule has 0 atom stereocenters. The maximum Gasteiger partial charge on any atom is 0.277 e. The van der Waals surface area contributed by atoms with E-state index in [1.807, 2.05) is 54.8 Å². The smallest absolute Gasteiger partial charge is 0.277 e. The molecule has 0 fully saturated rings. The van der Waals surface area contributed by atoms with Crippen LogP contribution in [0.1, 0.15) is 11.5 Å². The van der Waals surface area contributed by atoms with Crippen molar-refractivity contribution in [1.29, 1.82) is 0 Å². The Hall–Kier alpha value is -2.45. The number of para-hydroxylation sites is 1. The number of anilines is 1. The van der Waals surface area contributed by atoms with E-state index in [1.165, 1.54) is 11.8 Å². The minimum absolute atomic E-state index is 0.114. The number of aromatic nitrogens is 2. The second-order valence-corrected chi connectivity index (χ2v) is 7.30. The highest BCUT2D eigenvalue weighted by Crippen LogP contribution is 2.25. The molecule has 0 unspecified atom stereocenters. The van der Waals surface area contributed by atoms with E-state index in [0.29, 0.717) is 17.5 Å². The predicted octanol–water partition coefficient (Wildman–Crippen LogP) is 4.12. The largest absolute Gasteiger partial charge is 0.497 e. The zero-order chi connectivity index (χ0) is 19.1. The van der Waals surface area contributed by atoms with E-state index in [2.05, 4.69) is 15.5 Å². The van der Waals surface area contributed by atoms with Gasteiger partial charge in [0.15, 0.2) is 0 Å². The van der Waals surface area contributed by atoms with Crippen LogP contribution < -0.4 is 10.1 Å². The summed E-state index contributed by atoms with van der Waals surface area (Å²) in [6.45, 7) is 0. The van der Waals surface area contributed by atoms with Crippen LogP contribution >= 0.6 is 23.5 Å². The number of hydrogen-bond acceptors (Lipinski definition) is 7. The van der Waals surface area contributed by atoms with Crippen LogP contribution in [-0.2, 0) is 11.2 Å². The van der Waals surface area contributed by atoms with E-state index in [-0.39, 0.29) is 11.7 Å². The van der Waals surface area contributed by atoms with Gasteiger partial charge in [0.2, 0.25) is 11.8 Å². The Labute approximate surface area is 166 Å². The van der Waals surface area contributed by atoms with E-state index in [1.54, 1.807) is 18.9 Å². The first-order chi connectivity index (χ1) is 13.2. The van der Waals surface area contributed by atoms with Crippen LogP contribution in [0.5, 0.6) is 5.75 Å². The molecule has 8 heteroatoms. The predicted molar refractivity (Wildman–Crippen MR) is 108 cm³/mol. The van der Waals surface area contributed by atoms with Gasteiger partial charge in [-0.3, -0.25) is 4.79 Å². The normalized spacial score (nSPS) is 10.6. The molecule has 0 aliphatic carbocycles. The van der Waals surface area contributed by atoms with Crippen LogP contribution in [-0.4, -0.2) is 35.2 Å². The van der Waals surface area contributed by atoms with Crippen molar-refractivity contribution in [2.45, 2.75) is 16.5 Å². The maximum atomic E-state index is 12.2. The van der Waals surface area contributed by atoms with Gasteiger partial charge in [0.1, 0.15) is 5.75 Å². The Morgan fingerprint density at radius 3 is 2.67 bits per heavy atom. The summed E-state index contributed by atoms with van der Waals surface area (Å²) in [6.07, 6.45) is 2.51. The van der Waals surface area contributed by atoms with Crippen molar-refractivity contribution >= 4 is 35.1 Å². The second-order valence-electron chi connectivity index (χ2n) is 5.52. The van der Waals surface area contributed by atoms with Gasteiger partial charge in [-0.15, -0.1) is 22.0 Å². The van der Waals surface area contributed by atoms with Gasteiger partial charge in [-0.2, -0.15) is 0 Å². The minimum atomic E-state index is -0.114. The third-order valence-corrected chi connectivity index (χ3v) is 5.28. The Bertz CT molecular complexity index is 897. The average Bonchev–Trinajstić information content (AvgIpc) is 3.15. The van der Waals surface area contributed by atoms with Crippen molar-refractivity contribution < 1.29 is 13.9 Å². The lowest BCUT2D eigenvalue weighted by atomic mass is 10.1. The van der Waals surface area contributed by atoms with Gasteiger partial charge >= 0.3 is 0 Å². The maximum absolute atomic E-state index is 12.2. The van der Waals surface area contributed by atoms with E-state index in [4.69, 9.17) is 9.15 Å². The third kappa shape index (κ3) is 5.51. The molecule has 0 radical (unpaired) electrons. The first-order valence-corrected chi connectivity index (χ1v) is 10.4. The van der Waals surface area contributed by atoms with Gasteiger partial charge in [0.05, 0.1) is 25.0 Å². The number of nitrogens with one attached hydrogen (secondary N) is 1. The molecule has 3 rings (SSSR count). The lowest BCUT2D eigenvalue weighted by Crippen LogP contribution is -2.14. The minimum Gasteiger partial charge on any atom is -0.497 e. The van der Waals surface area contributed by atoms with Crippen LogP contribution in [0.15, 0.2) is 63.1 Å². The first kappa shape index (κ1) is 19.3. The van der Waals surface area contributed by atoms with Crippen LogP contribution in [0.25, 0.3) is 0 Å². The van der Waals surface area contributed by atoms with Gasteiger partial charge in [-0.1, -0.05) is 36.0 Å². The number of nitrogens with zero attached hydrogens (tertiary/aromatic N) is 2. The molecule has 6 nitrogen and oxygen atoms in total. The van der Waals surface area contributed by atoms with Crippen molar-refractivity contribution in [2.75, 3.05) is 24.4 Å². The molecule has 0 aliphatic rings. The number of thioether (sulfide) groups is 2. The van der Waals surface area contributed by atoms with Gasteiger partial charge in [0, 0.05) is 4.90 Å².